The van der Waals surface area contributed by atoms with Gasteiger partial charge >= 0.3 is 0 Å². The molecule has 2 aromatic rings. The molecule has 1 aliphatic rings. The van der Waals surface area contributed by atoms with Crippen molar-refractivity contribution in [3.63, 3.8) is 0 Å². The molecule has 26 heavy (non-hydrogen) atoms. The molecule has 0 spiro atoms. The fourth-order valence-corrected chi connectivity index (χ4v) is 2.61. The quantitative estimate of drug-likeness (QED) is 0.612. The van der Waals surface area contributed by atoms with E-state index in [2.05, 4.69) is 10.2 Å². The van der Waals surface area contributed by atoms with E-state index in [9.17, 15) is 4.79 Å². The Morgan fingerprint density at radius 3 is 2.54 bits per heavy atom. The Hall–Kier alpha value is -2.79. The van der Waals surface area contributed by atoms with Crippen molar-refractivity contribution in [1.29, 1.82) is 0 Å². The highest BCUT2D eigenvalue weighted by molar-refractivity contribution is 6.07. The van der Waals surface area contributed by atoms with Crippen LogP contribution < -0.4 is 14.8 Å². The van der Waals surface area contributed by atoms with Crippen LogP contribution in [0, 0.1) is 0 Å². The maximum Gasteiger partial charge on any atom is 0.185 e. The van der Waals surface area contributed by atoms with Gasteiger partial charge in [0.2, 0.25) is 0 Å². The summed E-state index contributed by atoms with van der Waals surface area (Å²) in [5.74, 6) is 1.44. The molecule has 0 aliphatic carbocycles. The van der Waals surface area contributed by atoms with Gasteiger partial charge in [0.25, 0.3) is 0 Å². The van der Waals surface area contributed by atoms with Crippen LogP contribution in [0.5, 0.6) is 11.5 Å². The van der Waals surface area contributed by atoms with Crippen LogP contribution in [0.2, 0.25) is 0 Å². The lowest BCUT2D eigenvalue weighted by atomic mass is 10.1. The maximum atomic E-state index is 12.4. The van der Waals surface area contributed by atoms with E-state index in [0.717, 1.165) is 35.8 Å². The van der Waals surface area contributed by atoms with Crippen LogP contribution >= 0.6 is 0 Å². The molecule has 0 aromatic heterocycles. The van der Waals surface area contributed by atoms with Crippen LogP contribution in [0.3, 0.4) is 0 Å². The highest BCUT2D eigenvalue weighted by Crippen LogP contribution is 2.31. The number of likely N-dealkylation sites (N-methyl/N-ethyl adjacent to an activating group) is 1. The van der Waals surface area contributed by atoms with E-state index in [1.54, 1.807) is 12.2 Å². The molecule has 0 saturated carbocycles. The molecule has 1 heterocycles. The number of hydrogen-bond acceptors (Lipinski definition) is 5. The molecule has 0 amide bonds. The van der Waals surface area contributed by atoms with Crippen LogP contribution in [0.15, 0.2) is 48.5 Å². The number of nitrogens with zero attached hydrogens (tertiary/aromatic N) is 1. The Labute approximate surface area is 154 Å². The largest absolute Gasteiger partial charge is 0.486 e. The summed E-state index contributed by atoms with van der Waals surface area (Å²) >= 11 is 0. The topological polar surface area (TPSA) is 50.8 Å². The van der Waals surface area contributed by atoms with Crippen molar-refractivity contribution < 1.29 is 14.3 Å². The minimum absolute atomic E-state index is 0.0280. The molecule has 5 heteroatoms. The van der Waals surface area contributed by atoms with Gasteiger partial charge in [0.1, 0.15) is 13.2 Å². The molecule has 0 radical (unpaired) electrons. The first-order valence-corrected chi connectivity index (χ1v) is 8.72. The molecular formula is C21H24N2O3. The van der Waals surface area contributed by atoms with Gasteiger partial charge in [-0.3, -0.25) is 4.79 Å². The van der Waals surface area contributed by atoms with Gasteiger partial charge in [0, 0.05) is 24.3 Å². The minimum Gasteiger partial charge on any atom is -0.486 e. The molecule has 1 aliphatic heterocycles. The molecule has 3 rings (SSSR count). The number of fused-ring (bicyclic) bond motifs is 1. The van der Waals surface area contributed by atoms with Crippen molar-refractivity contribution in [2.75, 3.05) is 45.7 Å². The highest BCUT2D eigenvalue weighted by Gasteiger charge is 2.11. The van der Waals surface area contributed by atoms with E-state index in [-0.39, 0.29) is 5.78 Å². The van der Waals surface area contributed by atoms with Crippen molar-refractivity contribution in [3.05, 3.63) is 59.7 Å². The summed E-state index contributed by atoms with van der Waals surface area (Å²) in [5.41, 5.74) is 2.58. The van der Waals surface area contributed by atoms with E-state index in [0.29, 0.717) is 18.8 Å². The number of ketones is 1. The Kier molecular flexibility index (Phi) is 5.92. The molecule has 0 unspecified atom stereocenters. The van der Waals surface area contributed by atoms with Crippen molar-refractivity contribution in [2.45, 2.75) is 0 Å². The van der Waals surface area contributed by atoms with Crippen molar-refractivity contribution >= 4 is 17.5 Å². The summed E-state index contributed by atoms with van der Waals surface area (Å²) in [4.78, 5) is 14.5. The minimum atomic E-state index is -0.0280. The normalized spacial score (nSPS) is 13.2. The van der Waals surface area contributed by atoms with Crippen LogP contribution in [-0.4, -0.2) is 51.1 Å². The van der Waals surface area contributed by atoms with Gasteiger partial charge in [-0.05, 0) is 62.1 Å². The predicted octanol–water partition coefficient (Wildman–Crippen LogP) is 3.33. The summed E-state index contributed by atoms with van der Waals surface area (Å²) in [7, 11) is 4.08. The van der Waals surface area contributed by atoms with Crippen LogP contribution in [-0.2, 0) is 0 Å². The summed E-state index contributed by atoms with van der Waals surface area (Å²) in [6.45, 7) is 2.94. The van der Waals surface area contributed by atoms with E-state index in [4.69, 9.17) is 9.47 Å². The number of rotatable bonds is 7. The first-order chi connectivity index (χ1) is 12.6. The highest BCUT2D eigenvalue weighted by atomic mass is 16.6. The van der Waals surface area contributed by atoms with Crippen LogP contribution in [0.1, 0.15) is 15.9 Å². The number of anilines is 1. The standard InChI is InChI=1S/C21H24N2O3/c1-23(2)12-11-22-18-7-5-17(6-8-18)19(24)9-3-16-4-10-20-21(15-16)26-14-13-25-20/h3-10,15,22H,11-14H2,1-2H3. The predicted molar refractivity (Wildman–Crippen MR) is 104 cm³/mol. The molecular weight excluding hydrogens is 328 g/mol. The number of benzene rings is 2. The second-order valence-corrected chi connectivity index (χ2v) is 6.41. The zero-order valence-electron chi connectivity index (χ0n) is 15.2. The number of hydrogen-bond donors (Lipinski definition) is 1. The molecule has 2 aromatic carbocycles. The summed E-state index contributed by atoms with van der Waals surface area (Å²) in [6, 6.07) is 13.2. The van der Waals surface area contributed by atoms with Crippen LogP contribution in [0.25, 0.3) is 6.08 Å². The van der Waals surface area contributed by atoms with Gasteiger partial charge in [0.05, 0.1) is 0 Å². The number of carbonyl (C=O) groups excluding carboxylic acids is 1. The third-order valence-electron chi connectivity index (χ3n) is 4.05. The average molecular weight is 352 g/mol. The van der Waals surface area contributed by atoms with E-state index >= 15 is 0 Å². The first-order valence-electron chi connectivity index (χ1n) is 8.72. The number of nitrogens with one attached hydrogen (secondary N) is 1. The monoisotopic (exact) mass is 352 g/mol. The third kappa shape index (κ3) is 4.86. The zero-order chi connectivity index (χ0) is 18.4. The first kappa shape index (κ1) is 18.0. The van der Waals surface area contributed by atoms with E-state index in [1.807, 2.05) is 56.6 Å². The summed E-state index contributed by atoms with van der Waals surface area (Å²) in [6.07, 6.45) is 3.38. The Bertz CT molecular complexity index is 782. The Morgan fingerprint density at radius 2 is 1.81 bits per heavy atom. The number of carbonyl (C=O) groups is 1. The Balaban J connectivity index is 1.59. The lowest BCUT2D eigenvalue weighted by Crippen LogP contribution is -2.20. The number of ether oxygens (including phenoxy) is 2. The fourth-order valence-electron chi connectivity index (χ4n) is 2.61. The average Bonchev–Trinajstić information content (AvgIpc) is 2.66. The zero-order valence-corrected chi connectivity index (χ0v) is 15.2. The van der Waals surface area contributed by atoms with Gasteiger partial charge in [-0.2, -0.15) is 0 Å². The molecule has 0 atom stereocenters. The van der Waals surface area contributed by atoms with Gasteiger partial charge in [0.15, 0.2) is 17.3 Å². The van der Waals surface area contributed by atoms with Crippen LogP contribution in [0.4, 0.5) is 5.69 Å². The summed E-state index contributed by atoms with van der Waals surface area (Å²) < 4.78 is 11.1. The molecule has 0 fully saturated rings. The SMILES string of the molecule is CN(C)CCNc1ccc(C(=O)C=Cc2ccc3c(c2)OCCO3)cc1. The van der Waals surface area contributed by atoms with Gasteiger partial charge in [-0.25, -0.2) is 0 Å². The van der Waals surface area contributed by atoms with E-state index < -0.39 is 0 Å². The molecule has 136 valence electrons. The second kappa shape index (κ2) is 8.54. The molecule has 1 N–H and O–H groups in total. The number of allylic oxidation sites excluding steroid dienone is 1. The lowest BCUT2D eigenvalue weighted by molar-refractivity contribution is 0.104. The fraction of sp³-hybridized carbons (Fsp3) is 0.286. The van der Waals surface area contributed by atoms with Gasteiger partial charge in [-0.1, -0.05) is 12.1 Å². The van der Waals surface area contributed by atoms with Crippen molar-refractivity contribution in [3.8, 4) is 11.5 Å². The molecule has 5 nitrogen and oxygen atoms in total. The second-order valence-electron chi connectivity index (χ2n) is 6.41. The smallest absolute Gasteiger partial charge is 0.185 e. The molecule has 0 bridgehead atoms. The maximum absolute atomic E-state index is 12.4. The molecule has 0 saturated heterocycles. The van der Waals surface area contributed by atoms with Crippen molar-refractivity contribution in [2.24, 2.45) is 0 Å². The third-order valence-corrected chi connectivity index (χ3v) is 4.05. The lowest BCUT2D eigenvalue weighted by Gasteiger charge is -2.18. The van der Waals surface area contributed by atoms with Gasteiger partial charge < -0.3 is 19.7 Å². The van der Waals surface area contributed by atoms with Crippen molar-refractivity contribution in [1.82, 2.24) is 4.90 Å². The summed E-state index contributed by atoms with van der Waals surface area (Å²) in [5, 5.41) is 3.33. The Morgan fingerprint density at radius 1 is 1.08 bits per heavy atom. The van der Waals surface area contributed by atoms with Gasteiger partial charge in [-0.15, -0.1) is 0 Å². The van der Waals surface area contributed by atoms with E-state index in [1.165, 1.54) is 0 Å².